The van der Waals surface area contributed by atoms with Crippen LogP contribution in [0.5, 0.6) is 0 Å². The lowest BCUT2D eigenvalue weighted by atomic mass is 10.1. The third-order valence-corrected chi connectivity index (χ3v) is 3.40. The van der Waals surface area contributed by atoms with Crippen molar-refractivity contribution in [3.63, 3.8) is 0 Å². The number of nitrogens with one attached hydrogen (secondary N) is 1. The summed E-state index contributed by atoms with van der Waals surface area (Å²) in [5, 5.41) is 3.55. The summed E-state index contributed by atoms with van der Waals surface area (Å²) in [5.41, 5.74) is 5.28. The number of rotatable bonds is 6. The predicted molar refractivity (Wildman–Crippen MR) is 81.6 cm³/mol. The van der Waals surface area contributed by atoms with Crippen molar-refractivity contribution in [3.8, 4) is 0 Å². The van der Waals surface area contributed by atoms with E-state index in [4.69, 9.17) is 0 Å². The SMILES string of the molecule is Cc1cccc(C)c1NCCCCc1cccnc1. The van der Waals surface area contributed by atoms with Gasteiger partial charge in [-0.3, -0.25) is 4.98 Å². The first-order valence-corrected chi connectivity index (χ1v) is 6.96. The van der Waals surface area contributed by atoms with Gasteiger partial charge in [0.15, 0.2) is 0 Å². The monoisotopic (exact) mass is 254 g/mol. The van der Waals surface area contributed by atoms with Gasteiger partial charge in [0.1, 0.15) is 0 Å². The molecule has 2 aromatic rings. The van der Waals surface area contributed by atoms with Crippen molar-refractivity contribution in [1.82, 2.24) is 4.98 Å². The molecule has 0 aliphatic rings. The molecule has 0 aliphatic carbocycles. The molecule has 0 atom stereocenters. The van der Waals surface area contributed by atoms with Crippen LogP contribution >= 0.6 is 0 Å². The van der Waals surface area contributed by atoms with E-state index in [0.717, 1.165) is 13.0 Å². The first kappa shape index (κ1) is 13.6. The van der Waals surface area contributed by atoms with Gasteiger partial charge in [0.2, 0.25) is 0 Å². The molecular formula is C17H22N2. The maximum atomic E-state index is 4.14. The van der Waals surface area contributed by atoms with Gasteiger partial charge < -0.3 is 5.32 Å². The Morgan fingerprint density at radius 1 is 1.00 bits per heavy atom. The fraction of sp³-hybridized carbons (Fsp3) is 0.353. The van der Waals surface area contributed by atoms with E-state index in [2.05, 4.69) is 48.4 Å². The Morgan fingerprint density at radius 2 is 1.79 bits per heavy atom. The van der Waals surface area contributed by atoms with E-state index in [1.807, 2.05) is 18.5 Å². The maximum Gasteiger partial charge on any atom is 0.0399 e. The van der Waals surface area contributed by atoms with Crippen molar-refractivity contribution < 1.29 is 0 Å². The van der Waals surface area contributed by atoms with Crippen molar-refractivity contribution in [2.75, 3.05) is 11.9 Å². The van der Waals surface area contributed by atoms with E-state index in [1.54, 1.807) is 0 Å². The maximum absolute atomic E-state index is 4.14. The van der Waals surface area contributed by atoms with Crippen molar-refractivity contribution in [2.24, 2.45) is 0 Å². The second-order valence-electron chi connectivity index (χ2n) is 5.01. The molecule has 0 aliphatic heterocycles. The summed E-state index contributed by atoms with van der Waals surface area (Å²) >= 11 is 0. The van der Waals surface area contributed by atoms with Crippen molar-refractivity contribution in [1.29, 1.82) is 0 Å². The average molecular weight is 254 g/mol. The molecule has 1 N–H and O–H groups in total. The minimum atomic E-state index is 1.03. The summed E-state index contributed by atoms with van der Waals surface area (Å²) in [6.07, 6.45) is 7.28. The molecule has 19 heavy (non-hydrogen) atoms. The zero-order chi connectivity index (χ0) is 13.5. The molecule has 0 bridgehead atoms. The summed E-state index contributed by atoms with van der Waals surface area (Å²) in [4.78, 5) is 4.14. The van der Waals surface area contributed by atoms with Crippen molar-refractivity contribution in [2.45, 2.75) is 33.1 Å². The summed E-state index contributed by atoms with van der Waals surface area (Å²) in [5.74, 6) is 0. The van der Waals surface area contributed by atoms with Crippen LogP contribution in [0.2, 0.25) is 0 Å². The van der Waals surface area contributed by atoms with Crippen LogP contribution < -0.4 is 5.32 Å². The molecule has 100 valence electrons. The molecule has 2 rings (SSSR count). The molecule has 0 unspecified atom stereocenters. The highest BCUT2D eigenvalue weighted by Crippen LogP contribution is 2.19. The quantitative estimate of drug-likeness (QED) is 0.784. The van der Waals surface area contributed by atoms with Crippen LogP contribution in [-0.2, 0) is 6.42 Å². The van der Waals surface area contributed by atoms with Crippen LogP contribution in [-0.4, -0.2) is 11.5 Å². The standard InChI is InChI=1S/C17H22N2/c1-14-7-5-8-15(2)17(14)19-12-4-3-9-16-10-6-11-18-13-16/h5-8,10-11,13,19H,3-4,9,12H2,1-2H3. The fourth-order valence-electron chi connectivity index (χ4n) is 2.31. The second-order valence-corrected chi connectivity index (χ2v) is 5.01. The summed E-state index contributed by atoms with van der Waals surface area (Å²) in [6.45, 7) is 5.35. The number of nitrogens with zero attached hydrogens (tertiary/aromatic N) is 1. The number of aryl methyl sites for hydroxylation is 3. The van der Waals surface area contributed by atoms with Gasteiger partial charge >= 0.3 is 0 Å². The number of anilines is 1. The summed E-state index contributed by atoms with van der Waals surface area (Å²) in [7, 11) is 0. The van der Waals surface area contributed by atoms with E-state index < -0.39 is 0 Å². The lowest BCUT2D eigenvalue weighted by Crippen LogP contribution is -2.05. The number of aromatic nitrogens is 1. The van der Waals surface area contributed by atoms with E-state index in [1.165, 1.54) is 35.2 Å². The Balaban J connectivity index is 1.73. The molecule has 0 spiro atoms. The average Bonchev–Trinajstić information content (AvgIpc) is 2.42. The highest BCUT2D eigenvalue weighted by Gasteiger charge is 2.00. The highest BCUT2D eigenvalue weighted by atomic mass is 14.9. The Kier molecular flexibility index (Phi) is 4.96. The van der Waals surface area contributed by atoms with Gasteiger partial charge in [0.05, 0.1) is 0 Å². The Labute approximate surface area is 115 Å². The number of benzene rings is 1. The van der Waals surface area contributed by atoms with E-state index in [9.17, 15) is 0 Å². The molecule has 2 nitrogen and oxygen atoms in total. The molecule has 0 saturated carbocycles. The molecular weight excluding hydrogens is 232 g/mol. The molecule has 1 heterocycles. The van der Waals surface area contributed by atoms with Gasteiger partial charge in [-0.15, -0.1) is 0 Å². The van der Waals surface area contributed by atoms with Crippen LogP contribution in [0.15, 0.2) is 42.7 Å². The summed E-state index contributed by atoms with van der Waals surface area (Å²) < 4.78 is 0. The van der Waals surface area contributed by atoms with Gasteiger partial charge in [0.25, 0.3) is 0 Å². The number of hydrogen-bond acceptors (Lipinski definition) is 2. The zero-order valence-electron chi connectivity index (χ0n) is 11.8. The lowest BCUT2D eigenvalue weighted by Gasteiger charge is -2.12. The van der Waals surface area contributed by atoms with E-state index >= 15 is 0 Å². The third-order valence-electron chi connectivity index (χ3n) is 3.40. The molecule has 1 aromatic heterocycles. The lowest BCUT2D eigenvalue weighted by molar-refractivity contribution is 0.760. The first-order valence-electron chi connectivity index (χ1n) is 6.96. The fourth-order valence-corrected chi connectivity index (χ4v) is 2.31. The van der Waals surface area contributed by atoms with Crippen LogP contribution in [0.25, 0.3) is 0 Å². The smallest absolute Gasteiger partial charge is 0.0399 e. The Bertz CT molecular complexity index is 486. The van der Waals surface area contributed by atoms with Gasteiger partial charge in [-0.05, 0) is 55.9 Å². The van der Waals surface area contributed by atoms with E-state index in [-0.39, 0.29) is 0 Å². The first-order chi connectivity index (χ1) is 9.27. The van der Waals surface area contributed by atoms with Gasteiger partial charge in [0, 0.05) is 24.6 Å². The topological polar surface area (TPSA) is 24.9 Å². The minimum Gasteiger partial charge on any atom is -0.385 e. The molecule has 0 amide bonds. The number of hydrogen-bond donors (Lipinski definition) is 1. The molecule has 0 radical (unpaired) electrons. The number of para-hydroxylation sites is 1. The van der Waals surface area contributed by atoms with Crippen LogP contribution in [0, 0.1) is 13.8 Å². The van der Waals surface area contributed by atoms with Gasteiger partial charge in [-0.2, -0.15) is 0 Å². The number of unbranched alkanes of at least 4 members (excludes halogenated alkanes) is 1. The number of pyridine rings is 1. The minimum absolute atomic E-state index is 1.03. The largest absolute Gasteiger partial charge is 0.385 e. The van der Waals surface area contributed by atoms with Gasteiger partial charge in [-0.25, -0.2) is 0 Å². The molecule has 1 aromatic carbocycles. The van der Waals surface area contributed by atoms with Crippen LogP contribution in [0.1, 0.15) is 29.5 Å². The molecule has 2 heteroatoms. The normalized spacial score (nSPS) is 10.4. The van der Waals surface area contributed by atoms with Crippen LogP contribution in [0.4, 0.5) is 5.69 Å². The van der Waals surface area contributed by atoms with Crippen LogP contribution in [0.3, 0.4) is 0 Å². The third kappa shape index (κ3) is 4.09. The van der Waals surface area contributed by atoms with Crippen molar-refractivity contribution >= 4 is 5.69 Å². The van der Waals surface area contributed by atoms with E-state index in [0.29, 0.717) is 0 Å². The molecule has 0 fully saturated rings. The van der Waals surface area contributed by atoms with Gasteiger partial charge in [-0.1, -0.05) is 24.3 Å². The highest BCUT2D eigenvalue weighted by molar-refractivity contribution is 5.56. The summed E-state index contributed by atoms with van der Waals surface area (Å²) in [6, 6.07) is 10.6. The second kappa shape index (κ2) is 6.93. The molecule has 0 saturated heterocycles. The zero-order valence-corrected chi connectivity index (χ0v) is 11.8. The Morgan fingerprint density at radius 3 is 2.47 bits per heavy atom. The Hall–Kier alpha value is -1.83. The van der Waals surface area contributed by atoms with Crippen molar-refractivity contribution in [3.05, 3.63) is 59.4 Å². The predicted octanol–water partition coefficient (Wildman–Crippen LogP) is 4.13.